The van der Waals surface area contributed by atoms with Crippen molar-refractivity contribution in [3.05, 3.63) is 23.3 Å². The van der Waals surface area contributed by atoms with Gasteiger partial charge in [0.2, 0.25) is 0 Å². The van der Waals surface area contributed by atoms with Crippen molar-refractivity contribution in [2.24, 2.45) is 5.92 Å². The van der Waals surface area contributed by atoms with E-state index in [9.17, 15) is 0 Å². The SMILES string of the molecule is CC(C)Cc1cnc2scnc2c1. The molecule has 2 nitrogen and oxygen atoms in total. The van der Waals surface area contributed by atoms with Gasteiger partial charge in [0, 0.05) is 6.20 Å². The van der Waals surface area contributed by atoms with Gasteiger partial charge in [-0.2, -0.15) is 0 Å². The van der Waals surface area contributed by atoms with Gasteiger partial charge in [-0.25, -0.2) is 9.97 Å². The van der Waals surface area contributed by atoms with Crippen molar-refractivity contribution >= 4 is 21.7 Å². The molecule has 2 rings (SSSR count). The third-order valence-corrected chi connectivity index (χ3v) is 2.64. The standard InChI is InChI=1S/C10H12N2S/c1-7(2)3-8-4-9-10(11-5-8)13-6-12-9/h4-7H,3H2,1-2H3. The average Bonchev–Trinajstić information content (AvgIpc) is 2.49. The number of nitrogens with zero attached hydrogens (tertiary/aromatic N) is 2. The molecule has 3 heteroatoms. The molecule has 68 valence electrons. The monoisotopic (exact) mass is 192 g/mol. The van der Waals surface area contributed by atoms with Crippen LogP contribution < -0.4 is 0 Å². The lowest BCUT2D eigenvalue weighted by molar-refractivity contribution is 0.646. The van der Waals surface area contributed by atoms with Gasteiger partial charge in [0.05, 0.1) is 5.51 Å². The molecule has 0 saturated carbocycles. The highest BCUT2D eigenvalue weighted by molar-refractivity contribution is 7.16. The molecule has 0 fully saturated rings. The first kappa shape index (κ1) is 8.63. The van der Waals surface area contributed by atoms with Crippen molar-refractivity contribution < 1.29 is 0 Å². The number of hydrogen-bond donors (Lipinski definition) is 0. The quantitative estimate of drug-likeness (QED) is 0.731. The molecule has 0 aromatic carbocycles. The van der Waals surface area contributed by atoms with E-state index in [-0.39, 0.29) is 0 Å². The van der Waals surface area contributed by atoms with E-state index in [0.717, 1.165) is 16.8 Å². The van der Waals surface area contributed by atoms with Crippen molar-refractivity contribution in [1.82, 2.24) is 9.97 Å². The Morgan fingerprint density at radius 2 is 2.23 bits per heavy atom. The van der Waals surface area contributed by atoms with Crippen LogP contribution in [0.2, 0.25) is 0 Å². The number of rotatable bonds is 2. The highest BCUT2D eigenvalue weighted by atomic mass is 32.1. The van der Waals surface area contributed by atoms with Gasteiger partial charge in [0.25, 0.3) is 0 Å². The third kappa shape index (κ3) is 1.86. The molecule has 0 radical (unpaired) electrons. The van der Waals surface area contributed by atoms with E-state index >= 15 is 0 Å². The van der Waals surface area contributed by atoms with Crippen LogP contribution in [0, 0.1) is 5.92 Å². The summed E-state index contributed by atoms with van der Waals surface area (Å²) in [4.78, 5) is 9.63. The molecular weight excluding hydrogens is 180 g/mol. The van der Waals surface area contributed by atoms with Gasteiger partial charge in [-0.15, -0.1) is 11.3 Å². The fraction of sp³-hybridized carbons (Fsp3) is 0.400. The predicted molar refractivity (Wildman–Crippen MR) is 56.0 cm³/mol. The second kappa shape index (κ2) is 3.42. The first-order chi connectivity index (χ1) is 6.25. The smallest absolute Gasteiger partial charge is 0.143 e. The van der Waals surface area contributed by atoms with Crippen molar-refractivity contribution in [2.75, 3.05) is 0 Å². The molecule has 0 atom stereocenters. The summed E-state index contributed by atoms with van der Waals surface area (Å²) in [7, 11) is 0. The van der Waals surface area contributed by atoms with E-state index in [2.05, 4.69) is 29.9 Å². The van der Waals surface area contributed by atoms with Crippen molar-refractivity contribution in [3.63, 3.8) is 0 Å². The van der Waals surface area contributed by atoms with Gasteiger partial charge in [-0.1, -0.05) is 13.8 Å². The second-order valence-electron chi connectivity index (χ2n) is 3.62. The maximum Gasteiger partial charge on any atom is 0.143 e. The largest absolute Gasteiger partial charge is 0.243 e. The lowest BCUT2D eigenvalue weighted by Gasteiger charge is -2.03. The summed E-state index contributed by atoms with van der Waals surface area (Å²) in [5.41, 5.74) is 4.16. The van der Waals surface area contributed by atoms with E-state index in [1.807, 2.05) is 11.7 Å². The molecule has 0 N–H and O–H groups in total. The van der Waals surface area contributed by atoms with Crippen LogP contribution in [0.15, 0.2) is 17.8 Å². The molecule has 2 heterocycles. The summed E-state index contributed by atoms with van der Waals surface area (Å²) < 4.78 is 0. The van der Waals surface area contributed by atoms with Crippen LogP contribution in [-0.2, 0) is 6.42 Å². The minimum atomic E-state index is 0.679. The molecule has 2 aromatic rings. The normalized spacial score (nSPS) is 11.3. The minimum absolute atomic E-state index is 0.679. The maximum atomic E-state index is 4.35. The van der Waals surface area contributed by atoms with E-state index < -0.39 is 0 Å². The van der Waals surface area contributed by atoms with Gasteiger partial charge in [0.15, 0.2) is 0 Å². The number of pyridine rings is 1. The lowest BCUT2D eigenvalue weighted by Crippen LogP contribution is -1.94. The van der Waals surface area contributed by atoms with Gasteiger partial charge in [-0.3, -0.25) is 0 Å². The highest BCUT2D eigenvalue weighted by Crippen LogP contribution is 2.17. The average molecular weight is 192 g/mol. The van der Waals surface area contributed by atoms with Crippen molar-refractivity contribution in [2.45, 2.75) is 20.3 Å². The Hall–Kier alpha value is -0.960. The molecule has 13 heavy (non-hydrogen) atoms. The highest BCUT2D eigenvalue weighted by Gasteiger charge is 2.01. The topological polar surface area (TPSA) is 25.8 Å². The van der Waals surface area contributed by atoms with Gasteiger partial charge in [0.1, 0.15) is 10.3 Å². The zero-order valence-electron chi connectivity index (χ0n) is 7.82. The molecule has 0 saturated heterocycles. The number of fused-ring (bicyclic) bond motifs is 1. The summed E-state index contributed by atoms with van der Waals surface area (Å²) in [6.07, 6.45) is 3.04. The third-order valence-electron chi connectivity index (χ3n) is 1.89. The van der Waals surface area contributed by atoms with Crippen molar-refractivity contribution in [1.29, 1.82) is 0 Å². The fourth-order valence-electron chi connectivity index (χ4n) is 1.38. The van der Waals surface area contributed by atoms with E-state index in [1.54, 1.807) is 11.3 Å². The number of thiazole rings is 1. The van der Waals surface area contributed by atoms with Crippen LogP contribution in [0.25, 0.3) is 10.3 Å². The van der Waals surface area contributed by atoms with Crippen LogP contribution in [0.5, 0.6) is 0 Å². The van der Waals surface area contributed by atoms with Crippen LogP contribution in [-0.4, -0.2) is 9.97 Å². The van der Waals surface area contributed by atoms with Crippen LogP contribution >= 0.6 is 11.3 Å². The Morgan fingerprint density at radius 3 is 3.00 bits per heavy atom. The molecule has 0 aliphatic heterocycles. The Labute approximate surface area is 81.7 Å². The van der Waals surface area contributed by atoms with E-state index in [4.69, 9.17) is 0 Å². The lowest BCUT2D eigenvalue weighted by atomic mass is 10.1. The molecule has 0 aliphatic rings. The van der Waals surface area contributed by atoms with Gasteiger partial charge >= 0.3 is 0 Å². The Morgan fingerprint density at radius 1 is 1.38 bits per heavy atom. The molecule has 2 aromatic heterocycles. The van der Waals surface area contributed by atoms with Crippen molar-refractivity contribution in [3.8, 4) is 0 Å². The molecule has 0 bridgehead atoms. The zero-order valence-corrected chi connectivity index (χ0v) is 8.64. The van der Waals surface area contributed by atoms with Crippen LogP contribution in [0.4, 0.5) is 0 Å². The van der Waals surface area contributed by atoms with Gasteiger partial charge in [-0.05, 0) is 24.0 Å². The van der Waals surface area contributed by atoms with Gasteiger partial charge < -0.3 is 0 Å². The molecule has 0 spiro atoms. The summed E-state index contributed by atoms with van der Waals surface area (Å²) in [6, 6.07) is 2.14. The Kier molecular flexibility index (Phi) is 2.27. The first-order valence-corrected chi connectivity index (χ1v) is 5.32. The fourth-order valence-corrected chi connectivity index (χ4v) is 1.99. The molecular formula is C10H12N2S. The van der Waals surface area contributed by atoms with E-state index in [1.165, 1.54) is 5.56 Å². The Balaban J connectivity index is 2.37. The zero-order chi connectivity index (χ0) is 9.26. The minimum Gasteiger partial charge on any atom is -0.243 e. The summed E-state index contributed by atoms with van der Waals surface area (Å²) in [6.45, 7) is 4.43. The summed E-state index contributed by atoms with van der Waals surface area (Å²) >= 11 is 1.59. The predicted octanol–water partition coefficient (Wildman–Crippen LogP) is 2.89. The first-order valence-electron chi connectivity index (χ1n) is 4.44. The number of hydrogen-bond acceptors (Lipinski definition) is 3. The Bertz CT molecular complexity index is 406. The number of aromatic nitrogens is 2. The summed E-state index contributed by atoms with van der Waals surface area (Å²) in [5.74, 6) is 0.679. The summed E-state index contributed by atoms with van der Waals surface area (Å²) in [5, 5.41) is 0. The van der Waals surface area contributed by atoms with Crippen LogP contribution in [0.3, 0.4) is 0 Å². The molecule has 0 unspecified atom stereocenters. The maximum absolute atomic E-state index is 4.35. The molecule has 0 aliphatic carbocycles. The van der Waals surface area contributed by atoms with E-state index in [0.29, 0.717) is 5.92 Å². The second-order valence-corrected chi connectivity index (χ2v) is 4.45. The molecule has 0 amide bonds. The van der Waals surface area contributed by atoms with Crippen LogP contribution in [0.1, 0.15) is 19.4 Å².